The van der Waals surface area contributed by atoms with Crippen molar-refractivity contribution in [2.24, 2.45) is 0 Å². The van der Waals surface area contributed by atoms with Crippen LogP contribution >= 0.6 is 11.8 Å². The number of benzene rings is 1. The van der Waals surface area contributed by atoms with Gasteiger partial charge in [-0.05, 0) is 50.8 Å². The van der Waals surface area contributed by atoms with Crippen molar-refractivity contribution in [3.05, 3.63) is 36.0 Å². The van der Waals surface area contributed by atoms with E-state index in [1.54, 1.807) is 0 Å². The van der Waals surface area contributed by atoms with Crippen molar-refractivity contribution in [2.45, 2.75) is 49.1 Å². The molecule has 0 bridgehead atoms. The first-order chi connectivity index (χ1) is 12.6. The van der Waals surface area contributed by atoms with Crippen LogP contribution in [0, 0.1) is 0 Å². The first-order valence-electron chi connectivity index (χ1n) is 9.86. The highest BCUT2D eigenvalue weighted by atomic mass is 32.2. The van der Waals surface area contributed by atoms with Crippen LogP contribution < -0.4 is 0 Å². The molecule has 2 saturated heterocycles. The Bertz CT molecular complexity index is 778. The summed E-state index contributed by atoms with van der Waals surface area (Å²) in [6.45, 7) is 5.21. The van der Waals surface area contributed by atoms with Crippen LogP contribution in [-0.4, -0.2) is 57.5 Å². The van der Waals surface area contributed by atoms with E-state index in [1.807, 2.05) is 11.8 Å². The number of aromatic amines is 1. The van der Waals surface area contributed by atoms with Crippen molar-refractivity contribution in [1.82, 2.24) is 14.8 Å². The average Bonchev–Trinajstić information content (AvgIpc) is 3.18. The van der Waals surface area contributed by atoms with Gasteiger partial charge in [-0.1, -0.05) is 25.1 Å². The molecule has 0 radical (unpaired) electrons. The Labute approximate surface area is 160 Å². The van der Waals surface area contributed by atoms with E-state index in [1.165, 1.54) is 16.5 Å². The molecule has 5 heteroatoms. The number of hydrogen-bond acceptors (Lipinski definition) is 3. The normalized spacial score (nSPS) is 23.4. The number of piperidine rings is 1. The Balaban J connectivity index is 1.45. The standard InChI is InChI=1S/C21H29N3OS/c1-3-19-20(25)24(21(26-19)10-13-23(2)14-11-21)12-6-7-16-15-22-18-9-5-4-8-17(16)18/h4-5,8-9,15,19,22H,3,6-7,10-14H2,1-2H3. The monoisotopic (exact) mass is 371 g/mol. The topological polar surface area (TPSA) is 39.3 Å². The Morgan fingerprint density at radius 3 is 2.81 bits per heavy atom. The molecule has 4 rings (SSSR count). The lowest BCUT2D eigenvalue weighted by Crippen LogP contribution is -2.51. The first kappa shape index (κ1) is 17.9. The number of thioether (sulfide) groups is 1. The second-order valence-electron chi connectivity index (χ2n) is 7.72. The Morgan fingerprint density at radius 1 is 1.27 bits per heavy atom. The van der Waals surface area contributed by atoms with Crippen molar-refractivity contribution >= 4 is 28.6 Å². The maximum atomic E-state index is 13.0. The summed E-state index contributed by atoms with van der Waals surface area (Å²) in [5, 5.41) is 1.47. The molecule has 2 aliphatic heterocycles. The Kier molecular flexibility index (Phi) is 5.02. The number of amides is 1. The predicted molar refractivity (Wildman–Crippen MR) is 109 cm³/mol. The van der Waals surface area contributed by atoms with Crippen LogP contribution in [0.25, 0.3) is 10.9 Å². The summed E-state index contributed by atoms with van der Waals surface area (Å²) in [4.78, 5) is 21.0. The van der Waals surface area contributed by atoms with Gasteiger partial charge in [0.05, 0.1) is 10.1 Å². The van der Waals surface area contributed by atoms with Gasteiger partial charge in [0, 0.05) is 36.7 Å². The van der Waals surface area contributed by atoms with Crippen LogP contribution in [0.3, 0.4) is 0 Å². The van der Waals surface area contributed by atoms with Crippen molar-refractivity contribution in [3.63, 3.8) is 0 Å². The van der Waals surface area contributed by atoms with Gasteiger partial charge in [-0.15, -0.1) is 11.8 Å². The third-order valence-corrected chi connectivity index (χ3v) is 7.92. The predicted octanol–water partition coefficient (Wildman–Crippen LogP) is 3.88. The molecule has 1 spiro atoms. The number of aryl methyl sites for hydroxylation is 1. The van der Waals surface area contributed by atoms with E-state index in [4.69, 9.17) is 0 Å². The number of rotatable bonds is 5. The number of H-pyrrole nitrogens is 1. The molecule has 0 saturated carbocycles. The van der Waals surface area contributed by atoms with Crippen LogP contribution in [0.4, 0.5) is 0 Å². The van der Waals surface area contributed by atoms with Crippen molar-refractivity contribution in [1.29, 1.82) is 0 Å². The number of aromatic nitrogens is 1. The van der Waals surface area contributed by atoms with Crippen molar-refractivity contribution in [2.75, 3.05) is 26.7 Å². The SMILES string of the molecule is CCC1SC2(CCN(C)CC2)N(CCCc2c[nH]c3ccccc23)C1=O. The molecule has 3 heterocycles. The van der Waals surface area contributed by atoms with Gasteiger partial charge in [-0.25, -0.2) is 0 Å². The summed E-state index contributed by atoms with van der Waals surface area (Å²) in [7, 11) is 2.19. The number of likely N-dealkylation sites (tertiary alicyclic amines) is 1. The van der Waals surface area contributed by atoms with E-state index >= 15 is 0 Å². The fourth-order valence-corrected chi connectivity index (χ4v) is 6.10. The molecule has 26 heavy (non-hydrogen) atoms. The minimum Gasteiger partial charge on any atom is -0.361 e. The lowest BCUT2D eigenvalue weighted by molar-refractivity contribution is -0.133. The lowest BCUT2D eigenvalue weighted by atomic mass is 10.0. The number of carbonyl (C=O) groups excluding carboxylic acids is 1. The summed E-state index contributed by atoms with van der Waals surface area (Å²) >= 11 is 1.95. The molecule has 4 nitrogen and oxygen atoms in total. The minimum absolute atomic E-state index is 0.0461. The smallest absolute Gasteiger partial charge is 0.236 e. The Hall–Kier alpha value is -1.46. The molecule has 1 N–H and O–H groups in total. The number of fused-ring (bicyclic) bond motifs is 1. The van der Waals surface area contributed by atoms with Crippen molar-refractivity contribution in [3.8, 4) is 0 Å². The average molecular weight is 372 g/mol. The molecule has 140 valence electrons. The van der Waals surface area contributed by atoms with Gasteiger partial charge in [-0.2, -0.15) is 0 Å². The highest BCUT2D eigenvalue weighted by molar-refractivity contribution is 8.02. The van der Waals surface area contributed by atoms with Gasteiger partial charge in [0.1, 0.15) is 0 Å². The second kappa shape index (κ2) is 7.28. The fourth-order valence-electron chi connectivity index (χ4n) is 4.45. The number of nitrogens with zero attached hydrogens (tertiary/aromatic N) is 2. The molecule has 2 aliphatic rings. The zero-order valence-electron chi connectivity index (χ0n) is 15.8. The largest absolute Gasteiger partial charge is 0.361 e. The molecule has 1 unspecified atom stereocenters. The summed E-state index contributed by atoms with van der Waals surface area (Å²) in [5.74, 6) is 0.376. The minimum atomic E-state index is 0.0461. The molecule has 2 aromatic rings. The molecular formula is C21H29N3OS. The summed E-state index contributed by atoms with van der Waals surface area (Å²) in [6.07, 6.45) is 7.33. The highest BCUT2D eigenvalue weighted by Crippen LogP contribution is 2.48. The maximum absolute atomic E-state index is 13.0. The molecule has 1 aromatic heterocycles. The third kappa shape index (κ3) is 3.16. The van der Waals surface area contributed by atoms with E-state index in [9.17, 15) is 4.79 Å². The quantitative estimate of drug-likeness (QED) is 0.867. The number of carbonyl (C=O) groups is 1. The van der Waals surface area contributed by atoms with Gasteiger partial charge >= 0.3 is 0 Å². The zero-order valence-corrected chi connectivity index (χ0v) is 16.6. The van der Waals surface area contributed by atoms with Crippen LogP contribution in [0.1, 0.15) is 38.2 Å². The molecule has 1 amide bonds. The van der Waals surface area contributed by atoms with Gasteiger partial charge in [0.25, 0.3) is 0 Å². The van der Waals surface area contributed by atoms with Gasteiger partial charge < -0.3 is 14.8 Å². The number of nitrogens with one attached hydrogen (secondary N) is 1. The summed E-state index contributed by atoms with van der Waals surface area (Å²) in [5.41, 5.74) is 2.57. The number of para-hydroxylation sites is 1. The van der Waals surface area contributed by atoms with E-state index in [0.29, 0.717) is 5.91 Å². The van der Waals surface area contributed by atoms with E-state index in [2.05, 4.69) is 59.2 Å². The van der Waals surface area contributed by atoms with Crippen LogP contribution in [0.2, 0.25) is 0 Å². The highest BCUT2D eigenvalue weighted by Gasteiger charge is 2.51. The lowest BCUT2D eigenvalue weighted by Gasteiger charge is -2.43. The van der Waals surface area contributed by atoms with E-state index in [-0.39, 0.29) is 10.1 Å². The molecule has 1 aromatic carbocycles. The van der Waals surface area contributed by atoms with Crippen LogP contribution in [0.15, 0.2) is 30.5 Å². The van der Waals surface area contributed by atoms with Crippen molar-refractivity contribution < 1.29 is 4.79 Å². The molecule has 0 aliphatic carbocycles. The summed E-state index contributed by atoms with van der Waals surface area (Å²) in [6, 6.07) is 8.47. The second-order valence-corrected chi connectivity index (χ2v) is 9.28. The fraction of sp³-hybridized carbons (Fsp3) is 0.571. The molecule has 1 atom stereocenters. The van der Waals surface area contributed by atoms with Gasteiger partial charge in [0.2, 0.25) is 5.91 Å². The van der Waals surface area contributed by atoms with E-state index in [0.717, 1.165) is 51.7 Å². The van der Waals surface area contributed by atoms with E-state index < -0.39 is 0 Å². The third-order valence-electron chi connectivity index (χ3n) is 6.04. The van der Waals surface area contributed by atoms with Gasteiger partial charge in [0.15, 0.2) is 0 Å². The van der Waals surface area contributed by atoms with Gasteiger partial charge in [-0.3, -0.25) is 4.79 Å². The molecular weight excluding hydrogens is 342 g/mol. The Morgan fingerprint density at radius 2 is 2.04 bits per heavy atom. The first-order valence-corrected chi connectivity index (χ1v) is 10.7. The maximum Gasteiger partial charge on any atom is 0.236 e. The zero-order chi connectivity index (χ0) is 18.1. The number of hydrogen-bond donors (Lipinski definition) is 1. The van der Waals surface area contributed by atoms with Crippen LogP contribution in [-0.2, 0) is 11.2 Å². The van der Waals surface area contributed by atoms with Crippen LogP contribution in [0.5, 0.6) is 0 Å². The summed E-state index contributed by atoms with van der Waals surface area (Å²) < 4.78 is 0. The molecule has 2 fully saturated rings.